The minimum atomic E-state index is -0.520. The third kappa shape index (κ3) is 3.55. The van der Waals surface area contributed by atoms with E-state index in [9.17, 15) is 8.78 Å². The highest BCUT2D eigenvalue weighted by Gasteiger charge is 2.21. The van der Waals surface area contributed by atoms with Crippen molar-refractivity contribution in [2.75, 3.05) is 13.1 Å². The number of benzene rings is 2. The number of ether oxygens (including phenoxy) is 1. The van der Waals surface area contributed by atoms with E-state index in [2.05, 4.69) is 5.32 Å². The van der Waals surface area contributed by atoms with Crippen LogP contribution in [0.2, 0.25) is 0 Å². The first-order valence-electron chi connectivity index (χ1n) is 7.99. The zero-order valence-electron chi connectivity index (χ0n) is 13.2. The zero-order chi connectivity index (χ0) is 16.9. The van der Waals surface area contributed by atoms with Crippen molar-refractivity contribution in [3.63, 3.8) is 0 Å². The Balaban J connectivity index is 1.81. The van der Waals surface area contributed by atoms with Crippen LogP contribution >= 0.6 is 0 Å². The van der Waals surface area contributed by atoms with Gasteiger partial charge in [-0.15, -0.1) is 0 Å². The summed E-state index contributed by atoms with van der Waals surface area (Å²) < 4.78 is 33.9. The number of hydrogen-bond donors (Lipinski definition) is 1. The van der Waals surface area contributed by atoms with Gasteiger partial charge in [0.15, 0.2) is 11.6 Å². The maximum atomic E-state index is 14.2. The first-order chi connectivity index (χ1) is 11.7. The summed E-state index contributed by atoms with van der Waals surface area (Å²) in [6.45, 7) is 1.71. The van der Waals surface area contributed by atoms with Crippen LogP contribution in [0, 0.1) is 23.0 Å². The smallest absolute Gasteiger partial charge is 0.165 e. The van der Waals surface area contributed by atoms with Gasteiger partial charge in [0, 0.05) is 11.1 Å². The molecule has 0 aromatic heterocycles. The lowest BCUT2D eigenvalue weighted by molar-refractivity contribution is 0.277. The molecule has 0 bridgehead atoms. The normalized spacial score (nSPS) is 15.0. The van der Waals surface area contributed by atoms with Gasteiger partial charge in [-0.2, -0.15) is 5.26 Å². The first-order valence-corrected chi connectivity index (χ1v) is 7.99. The molecule has 1 saturated heterocycles. The van der Waals surface area contributed by atoms with Crippen molar-refractivity contribution < 1.29 is 13.5 Å². The number of piperidine rings is 1. The first kappa shape index (κ1) is 16.4. The molecule has 1 aliphatic heterocycles. The van der Waals surface area contributed by atoms with Gasteiger partial charge >= 0.3 is 0 Å². The standard InChI is InChI=1S/C19H18F2N2O/c20-17-3-1-2-16(14-6-8-23-9-7-14)19(17)24-12-15-5-4-13(11-22)10-18(15)21/h1-5,10,14,23H,6-9,12H2. The van der Waals surface area contributed by atoms with Crippen LogP contribution in [0.4, 0.5) is 8.78 Å². The maximum Gasteiger partial charge on any atom is 0.165 e. The maximum absolute atomic E-state index is 14.2. The van der Waals surface area contributed by atoms with E-state index in [0.29, 0.717) is 5.56 Å². The van der Waals surface area contributed by atoms with Crippen molar-refractivity contribution in [3.8, 4) is 11.8 Å². The molecule has 1 aliphatic rings. The molecule has 0 spiro atoms. The Morgan fingerprint density at radius 2 is 1.92 bits per heavy atom. The predicted octanol–water partition coefficient (Wildman–Crippen LogP) is 3.88. The average Bonchev–Trinajstić information content (AvgIpc) is 2.62. The Hall–Kier alpha value is -2.45. The fourth-order valence-corrected chi connectivity index (χ4v) is 3.02. The second-order valence-corrected chi connectivity index (χ2v) is 5.89. The minimum absolute atomic E-state index is 0.0730. The number of hydrogen-bond acceptors (Lipinski definition) is 3. The third-order valence-corrected chi connectivity index (χ3v) is 4.33. The fourth-order valence-electron chi connectivity index (χ4n) is 3.02. The predicted molar refractivity (Wildman–Crippen MR) is 86.7 cm³/mol. The van der Waals surface area contributed by atoms with E-state index in [1.165, 1.54) is 18.2 Å². The second kappa shape index (κ2) is 7.41. The van der Waals surface area contributed by atoms with Gasteiger partial charge in [-0.05, 0) is 50.0 Å². The van der Waals surface area contributed by atoms with Crippen LogP contribution in [0.1, 0.15) is 35.4 Å². The Morgan fingerprint density at radius 1 is 1.12 bits per heavy atom. The Morgan fingerprint density at radius 3 is 2.62 bits per heavy atom. The van der Waals surface area contributed by atoms with Crippen molar-refractivity contribution in [2.24, 2.45) is 0 Å². The molecule has 1 heterocycles. The summed E-state index contributed by atoms with van der Waals surface area (Å²) in [4.78, 5) is 0. The van der Waals surface area contributed by atoms with Gasteiger partial charge < -0.3 is 10.1 Å². The van der Waals surface area contributed by atoms with Crippen molar-refractivity contribution in [2.45, 2.75) is 25.4 Å². The molecule has 3 nitrogen and oxygen atoms in total. The zero-order valence-corrected chi connectivity index (χ0v) is 13.2. The van der Waals surface area contributed by atoms with Gasteiger partial charge in [0.2, 0.25) is 0 Å². The highest BCUT2D eigenvalue weighted by atomic mass is 19.1. The van der Waals surface area contributed by atoms with Crippen molar-refractivity contribution in [3.05, 3.63) is 64.7 Å². The Labute approximate surface area is 139 Å². The van der Waals surface area contributed by atoms with Gasteiger partial charge in [-0.3, -0.25) is 0 Å². The van der Waals surface area contributed by atoms with Gasteiger partial charge in [0.1, 0.15) is 12.4 Å². The number of halogens is 2. The van der Waals surface area contributed by atoms with E-state index in [1.807, 2.05) is 12.1 Å². The quantitative estimate of drug-likeness (QED) is 0.926. The van der Waals surface area contributed by atoms with Crippen LogP contribution in [0.25, 0.3) is 0 Å². The van der Waals surface area contributed by atoms with Crippen LogP contribution in [-0.4, -0.2) is 13.1 Å². The summed E-state index contributed by atoms with van der Waals surface area (Å²) in [5.74, 6) is -0.509. The molecule has 24 heavy (non-hydrogen) atoms. The number of rotatable bonds is 4. The molecule has 0 radical (unpaired) electrons. The minimum Gasteiger partial charge on any atom is -0.485 e. The molecule has 0 atom stereocenters. The van der Waals surface area contributed by atoms with E-state index in [4.69, 9.17) is 10.00 Å². The Bertz CT molecular complexity index is 764. The monoisotopic (exact) mass is 328 g/mol. The SMILES string of the molecule is N#Cc1ccc(COc2c(F)cccc2C2CCNCC2)c(F)c1. The molecule has 1 fully saturated rings. The summed E-state index contributed by atoms with van der Waals surface area (Å²) >= 11 is 0. The molecule has 1 N–H and O–H groups in total. The van der Waals surface area contributed by atoms with Gasteiger partial charge in [-0.25, -0.2) is 8.78 Å². The highest BCUT2D eigenvalue weighted by molar-refractivity contribution is 5.39. The number of nitriles is 1. The number of nitrogens with one attached hydrogen (secondary N) is 1. The summed E-state index contributed by atoms with van der Waals surface area (Å²) in [6, 6.07) is 11.0. The average molecular weight is 328 g/mol. The van der Waals surface area contributed by atoms with Crippen LogP contribution < -0.4 is 10.1 Å². The molecular weight excluding hydrogens is 310 g/mol. The lowest BCUT2D eigenvalue weighted by atomic mass is 9.89. The molecule has 3 rings (SSSR count). The second-order valence-electron chi connectivity index (χ2n) is 5.89. The molecule has 0 amide bonds. The van der Waals surface area contributed by atoms with Gasteiger partial charge in [0.05, 0.1) is 11.6 Å². The molecule has 0 aliphatic carbocycles. The Kier molecular flexibility index (Phi) is 5.07. The number of para-hydroxylation sites is 1. The van der Waals surface area contributed by atoms with Gasteiger partial charge in [0.25, 0.3) is 0 Å². The molecule has 0 saturated carbocycles. The van der Waals surface area contributed by atoms with Crippen LogP contribution in [-0.2, 0) is 6.61 Å². The van der Waals surface area contributed by atoms with E-state index in [-0.39, 0.29) is 23.8 Å². The molecule has 124 valence electrons. The van der Waals surface area contributed by atoms with E-state index < -0.39 is 11.6 Å². The molecule has 0 unspecified atom stereocenters. The largest absolute Gasteiger partial charge is 0.485 e. The summed E-state index contributed by atoms with van der Waals surface area (Å²) in [5.41, 5.74) is 1.39. The summed E-state index contributed by atoms with van der Waals surface area (Å²) in [5, 5.41) is 12.1. The van der Waals surface area contributed by atoms with E-state index in [0.717, 1.165) is 37.6 Å². The van der Waals surface area contributed by atoms with Crippen molar-refractivity contribution in [1.82, 2.24) is 5.32 Å². The number of nitrogens with zero attached hydrogens (tertiary/aromatic N) is 1. The molecule has 5 heteroatoms. The summed E-state index contributed by atoms with van der Waals surface area (Å²) in [6.07, 6.45) is 1.84. The summed E-state index contributed by atoms with van der Waals surface area (Å²) in [7, 11) is 0. The fraction of sp³-hybridized carbons (Fsp3) is 0.316. The molecule has 2 aromatic carbocycles. The van der Waals surface area contributed by atoms with Crippen molar-refractivity contribution >= 4 is 0 Å². The molecule has 2 aromatic rings. The van der Waals surface area contributed by atoms with Crippen molar-refractivity contribution in [1.29, 1.82) is 5.26 Å². The lowest BCUT2D eigenvalue weighted by Gasteiger charge is -2.25. The topological polar surface area (TPSA) is 45.0 Å². The van der Waals surface area contributed by atoms with Crippen LogP contribution in [0.5, 0.6) is 5.75 Å². The third-order valence-electron chi connectivity index (χ3n) is 4.33. The van der Waals surface area contributed by atoms with Crippen LogP contribution in [0.15, 0.2) is 36.4 Å². The van der Waals surface area contributed by atoms with E-state index >= 15 is 0 Å². The lowest BCUT2D eigenvalue weighted by Crippen LogP contribution is -2.27. The highest BCUT2D eigenvalue weighted by Crippen LogP contribution is 2.35. The molecular formula is C19H18F2N2O. The van der Waals surface area contributed by atoms with Crippen LogP contribution in [0.3, 0.4) is 0 Å². The van der Waals surface area contributed by atoms with E-state index in [1.54, 1.807) is 6.07 Å². The van der Waals surface area contributed by atoms with Gasteiger partial charge in [-0.1, -0.05) is 18.2 Å².